The molecule has 0 bridgehead atoms. The van der Waals surface area contributed by atoms with Crippen molar-refractivity contribution in [3.63, 3.8) is 0 Å². The molecule has 0 heterocycles. The van der Waals surface area contributed by atoms with Gasteiger partial charge in [0.25, 0.3) is 0 Å². The van der Waals surface area contributed by atoms with E-state index < -0.39 is 17.9 Å². The molecule has 4 nitrogen and oxygen atoms in total. The van der Waals surface area contributed by atoms with E-state index >= 15 is 0 Å². The predicted octanol–water partition coefficient (Wildman–Crippen LogP) is 2.12. The number of ether oxygens (including phenoxy) is 2. The van der Waals surface area contributed by atoms with Gasteiger partial charge in [0.2, 0.25) is 0 Å². The third kappa shape index (κ3) is 5.73. The van der Waals surface area contributed by atoms with Crippen LogP contribution in [-0.2, 0) is 19.1 Å². The SMILES string of the molecule is [CH2]CCCCCCC(C(=O)OC)C(=O)OC. The topological polar surface area (TPSA) is 52.6 Å². The first-order chi connectivity index (χ1) is 7.67. The molecule has 0 rings (SSSR count). The number of carbonyl (C=O) groups excluding carboxylic acids is 2. The fraction of sp³-hybridized carbons (Fsp3) is 0.750. The van der Waals surface area contributed by atoms with Crippen molar-refractivity contribution in [2.45, 2.75) is 38.5 Å². The maximum atomic E-state index is 11.3. The molecule has 0 unspecified atom stereocenters. The fourth-order valence-electron chi connectivity index (χ4n) is 1.50. The van der Waals surface area contributed by atoms with Crippen molar-refractivity contribution in [3.8, 4) is 0 Å². The molecule has 0 aromatic heterocycles. The average Bonchev–Trinajstić information content (AvgIpc) is 2.32. The summed E-state index contributed by atoms with van der Waals surface area (Å²) in [5, 5.41) is 0. The summed E-state index contributed by atoms with van der Waals surface area (Å²) >= 11 is 0. The number of methoxy groups -OCH3 is 2. The van der Waals surface area contributed by atoms with Crippen molar-refractivity contribution in [1.82, 2.24) is 0 Å². The van der Waals surface area contributed by atoms with E-state index in [1.165, 1.54) is 14.2 Å². The molecule has 0 aromatic carbocycles. The molecule has 0 aliphatic carbocycles. The highest BCUT2D eigenvalue weighted by molar-refractivity contribution is 5.94. The molecule has 0 spiro atoms. The van der Waals surface area contributed by atoms with E-state index in [0.29, 0.717) is 6.42 Å². The summed E-state index contributed by atoms with van der Waals surface area (Å²) in [6.45, 7) is 3.75. The standard InChI is InChI=1S/C12H21O4/c1-4-5-6-7-8-9-10(11(13)15-2)12(14)16-3/h10H,1,4-9H2,2-3H3. The number of hydrogen-bond acceptors (Lipinski definition) is 4. The minimum absolute atomic E-state index is 0.497. The van der Waals surface area contributed by atoms with Crippen LogP contribution in [0.3, 0.4) is 0 Å². The zero-order valence-corrected chi connectivity index (χ0v) is 10.2. The largest absolute Gasteiger partial charge is 0.468 e. The smallest absolute Gasteiger partial charge is 0.320 e. The molecule has 0 saturated heterocycles. The lowest BCUT2D eigenvalue weighted by molar-refractivity contribution is -0.159. The zero-order valence-electron chi connectivity index (χ0n) is 10.2. The maximum absolute atomic E-state index is 11.3. The van der Waals surface area contributed by atoms with E-state index in [1.54, 1.807) is 0 Å². The van der Waals surface area contributed by atoms with Crippen LogP contribution in [0.4, 0.5) is 0 Å². The summed E-state index contributed by atoms with van der Waals surface area (Å²) in [4.78, 5) is 22.6. The van der Waals surface area contributed by atoms with Crippen LogP contribution in [0, 0.1) is 12.8 Å². The highest BCUT2D eigenvalue weighted by atomic mass is 16.5. The van der Waals surface area contributed by atoms with Crippen molar-refractivity contribution < 1.29 is 19.1 Å². The van der Waals surface area contributed by atoms with Crippen molar-refractivity contribution in [3.05, 3.63) is 6.92 Å². The van der Waals surface area contributed by atoms with Crippen LogP contribution in [-0.4, -0.2) is 26.2 Å². The molecule has 1 radical (unpaired) electrons. The van der Waals surface area contributed by atoms with E-state index in [1.807, 2.05) is 0 Å². The Morgan fingerprint density at radius 3 is 1.94 bits per heavy atom. The quantitative estimate of drug-likeness (QED) is 0.363. The van der Waals surface area contributed by atoms with Crippen LogP contribution in [0.15, 0.2) is 0 Å². The molecule has 0 aliphatic rings. The van der Waals surface area contributed by atoms with Crippen LogP contribution in [0.5, 0.6) is 0 Å². The Labute approximate surface area is 97.3 Å². The Balaban J connectivity index is 3.93. The predicted molar refractivity (Wildman–Crippen MR) is 60.6 cm³/mol. The second-order valence-corrected chi connectivity index (χ2v) is 3.66. The van der Waals surface area contributed by atoms with E-state index in [9.17, 15) is 9.59 Å². The Kier molecular flexibility index (Phi) is 8.58. The Morgan fingerprint density at radius 2 is 1.50 bits per heavy atom. The second kappa shape index (κ2) is 9.19. The number of unbranched alkanes of at least 4 members (excludes halogenated alkanes) is 4. The van der Waals surface area contributed by atoms with Gasteiger partial charge in [-0.3, -0.25) is 9.59 Å². The van der Waals surface area contributed by atoms with Gasteiger partial charge in [-0.15, -0.1) is 0 Å². The van der Waals surface area contributed by atoms with Gasteiger partial charge in [-0.1, -0.05) is 39.0 Å². The zero-order chi connectivity index (χ0) is 12.4. The minimum Gasteiger partial charge on any atom is -0.468 e. The monoisotopic (exact) mass is 229 g/mol. The van der Waals surface area contributed by atoms with Crippen molar-refractivity contribution in [1.29, 1.82) is 0 Å². The van der Waals surface area contributed by atoms with Crippen molar-refractivity contribution in [2.24, 2.45) is 5.92 Å². The van der Waals surface area contributed by atoms with Crippen LogP contribution in [0.25, 0.3) is 0 Å². The van der Waals surface area contributed by atoms with Crippen LogP contribution >= 0.6 is 0 Å². The first-order valence-electron chi connectivity index (χ1n) is 5.62. The first kappa shape index (κ1) is 14.9. The molecule has 0 aromatic rings. The van der Waals surface area contributed by atoms with E-state index in [0.717, 1.165) is 32.1 Å². The number of hydrogen-bond donors (Lipinski definition) is 0. The number of esters is 2. The lowest BCUT2D eigenvalue weighted by Gasteiger charge is -2.11. The van der Waals surface area contributed by atoms with Gasteiger partial charge in [-0.05, 0) is 6.42 Å². The van der Waals surface area contributed by atoms with Gasteiger partial charge in [-0.2, -0.15) is 0 Å². The molecule has 16 heavy (non-hydrogen) atoms. The molecule has 0 saturated carbocycles. The number of carbonyl (C=O) groups is 2. The van der Waals surface area contributed by atoms with Crippen LogP contribution in [0.1, 0.15) is 38.5 Å². The summed E-state index contributed by atoms with van der Waals surface area (Å²) < 4.78 is 9.13. The first-order valence-corrected chi connectivity index (χ1v) is 5.62. The van der Waals surface area contributed by atoms with E-state index in [2.05, 4.69) is 16.4 Å². The van der Waals surface area contributed by atoms with Gasteiger partial charge >= 0.3 is 11.9 Å². The van der Waals surface area contributed by atoms with Gasteiger partial charge < -0.3 is 9.47 Å². The molecule has 4 heteroatoms. The maximum Gasteiger partial charge on any atom is 0.320 e. The van der Waals surface area contributed by atoms with Crippen LogP contribution in [0.2, 0.25) is 0 Å². The van der Waals surface area contributed by atoms with E-state index in [4.69, 9.17) is 0 Å². The summed E-state index contributed by atoms with van der Waals surface area (Å²) in [6.07, 6.45) is 5.42. The Morgan fingerprint density at radius 1 is 1.00 bits per heavy atom. The molecule has 93 valence electrons. The van der Waals surface area contributed by atoms with Gasteiger partial charge in [-0.25, -0.2) is 0 Å². The second-order valence-electron chi connectivity index (χ2n) is 3.66. The third-order valence-electron chi connectivity index (χ3n) is 2.46. The molecular weight excluding hydrogens is 208 g/mol. The highest BCUT2D eigenvalue weighted by Crippen LogP contribution is 2.14. The molecular formula is C12H21O4. The summed E-state index contributed by atoms with van der Waals surface area (Å²) in [6, 6.07) is 0. The van der Waals surface area contributed by atoms with Crippen LogP contribution < -0.4 is 0 Å². The molecule has 0 N–H and O–H groups in total. The summed E-state index contributed by atoms with van der Waals surface area (Å²) in [5.74, 6) is -1.79. The van der Waals surface area contributed by atoms with Gasteiger partial charge in [0, 0.05) is 0 Å². The van der Waals surface area contributed by atoms with Gasteiger partial charge in [0.1, 0.15) is 0 Å². The Hall–Kier alpha value is -1.06. The molecule has 0 atom stereocenters. The lowest BCUT2D eigenvalue weighted by atomic mass is 10.0. The molecule has 0 amide bonds. The Bertz CT molecular complexity index is 197. The normalized spacial score (nSPS) is 10.2. The van der Waals surface area contributed by atoms with Gasteiger partial charge in [0.05, 0.1) is 14.2 Å². The fourth-order valence-corrected chi connectivity index (χ4v) is 1.50. The molecule has 0 fully saturated rings. The molecule has 0 aliphatic heterocycles. The van der Waals surface area contributed by atoms with E-state index in [-0.39, 0.29) is 0 Å². The lowest BCUT2D eigenvalue weighted by Crippen LogP contribution is -2.26. The highest BCUT2D eigenvalue weighted by Gasteiger charge is 2.27. The third-order valence-corrected chi connectivity index (χ3v) is 2.46. The summed E-state index contributed by atoms with van der Waals surface area (Å²) in [7, 11) is 2.56. The average molecular weight is 229 g/mol. The van der Waals surface area contributed by atoms with Gasteiger partial charge in [0.15, 0.2) is 5.92 Å². The van der Waals surface area contributed by atoms with Crippen molar-refractivity contribution >= 4 is 11.9 Å². The van der Waals surface area contributed by atoms with Crippen molar-refractivity contribution in [2.75, 3.05) is 14.2 Å². The minimum atomic E-state index is -0.769. The summed E-state index contributed by atoms with van der Waals surface area (Å²) in [5.41, 5.74) is 0. The number of rotatable bonds is 8.